The highest BCUT2D eigenvalue weighted by molar-refractivity contribution is 5.89. The van der Waals surface area contributed by atoms with E-state index in [1.165, 1.54) is 13.0 Å². The maximum absolute atomic E-state index is 13.4. The number of halogens is 2. The van der Waals surface area contributed by atoms with Crippen molar-refractivity contribution >= 4 is 34.6 Å². The Kier molecular flexibility index (Phi) is 5.25. The van der Waals surface area contributed by atoms with Gasteiger partial charge in [-0.1, -0.05) is 6.07 Å². The lowest BCUT2D eigenvalue weighted by molar-refractivity contribution is -0.114. The maximum atomic E-state index is 13.4. The molecule has 0 unspecified atom stereocenters. The van der Waals surface area contributed by atoms with Gasteiger partial charge in [0.05, 0.1) is 0 Å². The molecule has 3 N–H and O–H groups in total. The van der Waals surface area contributed by atoms with Crippen molar-refractivity contribution in [1.82, 2.24) is 9.97 Å². The predicted molar refractivity (Wildman–Crippen MR) is 100 cm³/mol. The quantitative estimate of drug-likeness (QED) is 0.617. The van der Waals surface area contributed by atoms with E-state index in [1.54, 1.807) is 31.2 Å². The van der Waals surface area contributed by atoms with Crippen LogP contribution in [0.2, 0.25) is 0 Å². The molecule has 2 aromatic carbocycles. The second-order valence-corrected chi connectivity index (χ2v) is 5.83. The molecule has 0 saturated heterocycles. The van der Waals surface area contributed by atoms with E-state index in [4.69, 9.17) is 0 Å². The van der Waals surface area contributed by atoms with Gasteiger partial charge in [0.15, 0.2) is 11.6 Å². The Morgan fingerprint density at radius 2 is 1.48 bits per heavy atom. The van der Waals surface area contributed by atoms with Crippen LogP contribution in [-0.4, -0.2) is 15.9 Å². The molecule has 1 heterocycles. The van der Waals surface area contributed by atoms with E-state index in [9.17, 15) is 13.6 Å². The summed E-state index contributed by atoms with van der Waals surface area (Å²) in [7, 11) is 0. The lowest BCUT2D eigenvalue weighted by atomic mass is 10.2. The first-order valence-corrected chi connectivity index (χ1v) is 8.11. The third-order valence-corrected chi connectivity index (χ3v) is 3.49. The molecule has 8 heteroatoms. The third-order valence-electron chi connectivity index (χ3n) is 3.49. The van der Waals surface area contributed by atoms with Crippen molar-refractivity contribution in [1.29, 1.82) is 0 Å². The fraction of sp³-hybridized carbons (Fsp3) is 0.105. The van der Waals surface area contributed by atoms with Gasteiger partial charge in [0, 0.05) is 36.1 Å². The number of rotatable bonds is 5. The zero-order chi connectivity index (χ0) is 19.4. The molecule has 0 aliphatic heterocycles. The van der Waals surface area contributed by atoms with Crippen molar-refractivity contribution < 1.29 is 13.6 Å². The molecule has 1 aromatic heterocycles. The Morgan fingerprint density at radius 3 is 2.11 bits per heavy atom. The fourth-order valence-electron chi connectivity index (χ4n) is 2.44. The summed E-state index contributed by atoms with van der Waals surface area (Å²) in [6.45, 7) is 3.15. The van der Waals surface area contributed by atoms with Crippen LogP contribution in [-0.2, 0) is 4.79 Å². The van der Waals surface area contributed by atoms with E-state index in [0.717, 1.165) is 17.8 Å². The minimum absolute atomic E-state index is 0.164. The van der Waals surface area contributed by atoms with E-state index in [2.05, 4.69) is 25.9 Å². The van der Waals surface area contributed by atoms with E-state index in [-0.39, 0.29) is 5.91 Å². The molecule has 0 fully saturated rings. The van der Waals surface area contributed by atoms with Crippen molar-refractivity contribution in [3.63, 3.8) is 0 Å². The SMILES string of the molecule is CC(=O)Nc1cccc(Nc2cc(Nc3ccc(F)c(F)c3)nc(C)n2)c1. The number of benzene rings is 2. The Bertz CT molecular complexity index is 994. The Morgan fingerprint density at radius 1 is 0.852 bits per heavy atom. The lowest BCUT2D eigenvalue weighted by Gasteiger charge is -2.11. The van der Waals surface area contributed by atoms with Gasteiger partial charge in [-0.3, -0.25) is 4.79 Å². The van der Waals surface area contributed by atoms with Crippen molar-refractivity contribution in [2.75, 3.05) is 16.0 Å². The molecule has 0 spiro atoms. The van der Waals surface area contributed by atoms with Crippen molar-refractivity contribution in [2.45, 2.75) is 13.8 Å². The molecule has 3 rings (SSSR count). The number of hydrogen-bond acceptors (Lipinski definition) is 5. The number of aromatic nitrogens is 2. The van der Waals surface area contributed by atoms with Gasteiger partial charge in [0.1, 0.15) is 17.5 Å². The Hall–Kier alpha value is -3.55. The molecule has 0 saturated carbocycles. The molecule has 27 heavy (non-hydrogen) atoms. The molecule has 1 amide bonds. The van der Waals surface area contributed by atoms with Gasteiger partial charge in [-0.25, -0.2) is 18.7 Å². The summed E-state index contributed by atoms with van der Waals surface area (Å²) in [5, 5.41) is 8.76. The van der Waals surface area contributed by atoms with Crippen molar-refractivity contribution in [2.24, 2.45) is 0 Å². The third kappa shape index (κ3) is 4.97. The highest BCUT2D eigenvalue weighted by Gasteiger charge is 2.07. The van der Waals surface area contributed by atoms with Crippen LogP contribution in [0.5, 0.6) is 0 Å². The molecular weight excluding hydrogens is 352 g/mol. The summed E-state index contributed by atoms with van der Waals surface area (Å²) >= 11 is 0. The molecule has 0 bridgehead atoms. The van der Waals surface area contributed by atoms with Gasteiger partial charge in [-0.05, 0) is 37.3 Å². The smallest absolute Gasteiger partial charge is 0.221 e. The molecule has 6 nitrogen and oxygen atoms in total. The second-order valence-electron chi connectivity index (χ2n) is 5.83. The van der Waals surface area contributed by atoms with Gasteiger partial charge < -0.3 is 16.0 Å². The number of carbonyl (C=O) groups excluding carboxylic acids is 1. The first kappa shape index (κ1) is 18.2. The van der Waals surface area contributed by atoms with Gasteiger partial charge in [-0.15, -0.1) is 0 Å². The molecule has 0 atom stereocenters. The summed E-state index contributed by atoms with van der Waals surface area (Å²) in [4.78, 5) is 19.7. The summed E-state index contributed by atoms with van der Waals surface area (Å²) in [5.74, 6) is -0.604. The number of nitrogens with zero attached hydrogens (tertiary/aromatic N) is 2. The summed E-state index contributed by atoms with van der Waals surface area (Å²) < 4.78 is 26.4. The number of anilines is 5. The standard InChI is InChI=1S/C19H17F2N5O/c1-11-22-18(25-14-5-3-4-13(8-14)24-12(2)27)10-19(23-11)26-15-6-7-16(20)17(21)9-15/h3-10H,1-2H3,(H,24,27)(H2,22,23,25,26). The van der Waals surface area contributed by atoms with Gasteiger partial charge in [-0.2, -0.15) is 0 Å². The molecule has 3 aromatic rings. The van der Waals surface area contributed by atoms with Crippen LogP contribution in [0.25, 0.3) is 0 Å². The van der Waals surface area contributed by atoms with Crippen LogP contribution >= 0.6 is 0 Å². The van der Waals surface area contributed by atoms with E-state index < -0.39 is 11.6 Å². The van der Waals surface area contributed by atoms with Crippen LogP contribution in [0.3, 0.4) is 0 Å². The second kappa shape index (κ2) is 7.77. The average Bonchev–Trinajstić information content (AvgIpc) is 2.57. The number of carbonyl (C=O) groups is 1. The summed E-state index contributed by atoms with van der Waals surface area (Å²) in [6.07, 6.45) is 0. The fourth-order valence-corrected chi connectivity index (χ4v) is 2.44. The summed E-state index contributed by atoms with van der Waals surface area (Å²) in [6, 6.07) is 12.3. The van der Waals surface area contributed by atoms with Gasteiger partial charge in [0.2, 0.25) is 5.91 Å². The average molecular weight is 369 g/mol. The van der Waals surface area contributed by atoms with Crippen LogP contribution in [0, 0.1) is 18.6 Å². The zero-order valence-electron chi connectivity index (χ0n) is 14.7. The number of aryl methyl sites for hydroxylation is 1. The molecular formula is C19H17F2N5O. The molecule has 138 valence electrons. The highest BCUT2D eigenvalue weighted by Crippen LogP contribution is 2.23. The van der Waals surface area contributed by atoms with Crippen molar-refractivity contribution in [3.8, 4) is 0 Å². The first-order chi connectivity index (χ1) is 12.9. The molecule has 0 radical (unpaired) electrons. The first-order valence-electron chi connectivity index (χ1n) is 8.11. The Balaban J connectivity index is 1.81. The monoisotopic (exact) mass is 369 g/mol. The van der Waals surface area contributed by atoms with Crippen LogP contribution in [0.4, 0.5) is 37.5 Å². The summed E-state index contributed by atoms with van der Waals surface area (Å²) in [5.41, 5.74) is 1.74. The van der Waals surface area contributed by atoms with Crippen LogP contribution in [0.1, 0.15) is 12.7 Å². The minimum atomic E-state index is -0.945. The molecule has 0 aliphatic rings. The zero-order valence-corrected chi connectivity index (χ0v) is 14.7. The van der Waals surface area contributed by atoms with Gasteiger partial charge in [0.25, 0.3) is 0 Å². The number of amides is 1. The number of nitrogens with one attached hydrogen (secondary N) is 3. The number of hydrogen-bond donors (Lipinski definition) is 3. The normalized spacial score (nSPS) is 10.4. The maximum Gasteiger partial charge on any atom is 0.221 e. The molecule has 0 aliphatic carbocycles. The van der Waals surface area contributed by atoms with Crippen LogP contribution in [0.15, 0.2) is 48.5 Å². The van der Waals surface area contributed by atoms with Crippen LogP contribution < -0.4 is 16.0 Å². The largest absolute Gasteiger partial charge is 0.340 e. The van der Waals surface area contributed by atoms with E-state index >= 15 is 0 Å². The van der Waals surface area contributed by atoms with E-state index in [1.807, 2.05) is 6.07 Å². The Labute approximate surface area is 154 Å². The topological polar surface area (TPSA) is 78.9 Å². The lowest BCUT2D eigenvalue weighted by Crippen LogP contribution is -2.06. The minimum Gasteiger partial charge on any atom is -0.340 e. The van der Waals surface area contributed by atoms with Crippen molar-refractivity contribution in [3.05, 3.63) is 66.0 Å². The van der Waals surface area contributed by atoms with Gasteiger partial charge >= 0.3 is 0 Å². The van der Waals surface area contributed by atoms with E-state index in [0.29, 0.717) is 28.8 Å². The predicted octanol–water partition coefficient (Wildman–Crippen LogP) is 4.51. The highest BCUT2D eigenvalue weighted by atomic mass is 19.2.